The van der Waals surface area contributed by atoms with E-state index in [1.165, 1.54) is 22.6 Å². The van der Waals surface area contributed by atoms with Crippen LogP contribution in [0.1, 0.15) is 23.5 Å². The second-order valence-electron chi connectivity index (χ2n) is 6.26. The molecular weight excluding hydrogens is 277 g/mol. The van der Waals surface area contributed by atoms with Crippen LogP contribution in [0, 0.1) is 11.7 Å². The van der Waals surface area contributed by atoms with Gasteiger partial charge in [-0.1, -0.05) is 42.5 Å². The Hall–Kier alpha value is -1.71. The van der Waals surface area contributed by atoms with Crippen LogP contribution in [0.3, 0.4) is 0 Å². The molecule has 1 saturated heterocycles. The molecule has 3 rings (SSSR count). The molecule has 1 aliphatic heterocycles. The quantitative estimate of drug-likeness (QED) is 0.887. The smallest absolute Gasteiger partial charge is 0.123 e. The summed E-state index contributed by atoms with van der Waals surface area (Å²) in [5.41, 5.74) is 2.49. The van der Waals surface area contributed by atoms with E-state index in [-0.39, 0.29) is 18.3 Å². The van der Waals surface area contributed by atoms with E-state index < -0.39 is 0 Å². The Balaban J connectivity index is 1.67. The molecule has 3 atom stereocenters. The number of benzene rings is 2. The molecule has 0 spiro atoms. The molecule has 116 valence electrons. The maximum Gasteiger partial charge on any atom is 0.123 e. The van der Waals surface area contributed by atoms with E-state index in [2.05, 4.69) is 24.3 Å². The van der Waals surface area contributed by atoms with Crippen molar-refractivity contribution in [2.24, 2.45) is 5.92 Å². The Morgan fingerprint density at radius 2 is 1.77 bits per heavy atom. The first-order valence-electron chi connectivity index (χ1n) is 8.00. The van der Waals surface area contributed by atoms with Gasteiger partial charge in [0.1, 0.15) is 12.4 Å². The van der Waals surface area contributed by atoms with Gasteiger partial charge in [-0.15, -0.1) is 0 Å². The van der Waals surface area contributed by atoms with Crippen LogP contribution < -0.4 is 4.90 Å². The molecule has 0 bridgehead atoms. The summed E-state index contributed by atoms with van der Waals surface area (Å²) in [4.78, 5) is 1.52. The van der Waals surface area contributed by atoms with Crippen LogP contribution in [-0.2, 0) is 6.54 Å². The van der Waals surface area contributed by atoms with Crippen molar-refractivity contribution in [2.75, 3.05) is 19.7 Å². The van der Waals surface area contributed by atoms with Crippen LogP contribution in [0.25, 0.3) is 0 Å². The van der Waals surface area contributed by atoms with E-state index in [9.17, 15) is 9.50 Å². The van der Waals surface area contributed by atoms with Gasteiger partial charge in [0, 0.05) is 17.9 Å². The number of aliphatic hydroxyl groups excluding tert-OH is 1. The average Bonchev–Trinajstić information content (AvgIpc) is 2.56. The maximum atomic E-state index is 13.1. The molecule has 0 aliphatic carbocycles. The largest absolute Gasteiger partial charge is 0.396 e. The molecule has 2 aromatic carbocycles. The lowest BCUT2D eigenvalue weighted by Gasteiger charge is -2.35. The number of piperidine rings is 1. The summed E-state index contributed by atoms with van der Waals surface area (Å²) in [6.07, 6.45) is 1.04. The molecule has 0 amide bonds. The summed E-state index contributed by atoms with van der Waals surface area (Å²) < 4.78 is 13.1. The zero-order valence-electron chi connectivity index (χ0n) is 12.7. The number of nitrogens with one attached hydrogen (secondary N) is 1. The number of quaternary nitrogens is 1. The number of hydrogen-bond acceptors (Lipinski definition) is 1. The minimum absolute atomic E-state index is 0.195. The minimum Gasteiger partial charge on any atom is -0.396 e. The molecule has 22 heavy (non-hydrogen) atoms. The summed E-state index contributed by atoms with van der Waals surface area (Å²) in [5.74, 6) is 0.388. The van der Waals surface area contributed by atoms with Crippen molar-refractivity contribution in [1.29, 1.82) is 0 Å². The number of likely N-dealkylation sites (tertiary alicyclic amines) is 1. The Morgan fingerprint density at radius 1 is 1.05 bits per heavy atom. The molecule has 2 nitrogen and oxygen atoms in total. The van der Waals surface area contributed by atoms with Crippen LogP contribution in [0.15, 0.2) is 54.6 Å². The molecule has 0 radical (unpaired) electrons. The first-order chi connectivity index (χ1) is 10.8. The lowest BCUT2D eigenvalue weighted by Crippen LogP contribution is -3.12. The van der Waals surface area contributed by atoms with Crippen LogP contribution in [0.5, 0.6) is 0 Å². The fourth-order valence-electron chi connectivity index (χ4n) is 3.60. The van der Waals surface area contributed by atoms with Crippen LogP contribution in [0.2, 0.25) is 0 Å². The summed E-state index contributed by atoms with van der Waals surface area (Å²) >= 11 is 0. The molecule has 0 aromatic heterocycles. The Bertz CT molecular complexity index is 584. The van der Waals surface area contributed by atoms with Crippen molar-refractivity contribution in [1.82, 2.24) is 0 Å². The molecule has 1 aliphatic rings. The summed E-state index contributed by atoms with van der Waals surface area (Å²) in [5, 5.41) is 9.77. The SMILES string of the molecule is OC[C@H]1C[NH+](Cc2ccccc2)CC[C@H]1c1ccc(F)cc1. The van der Waals surface area contributed by atoms with Gasteiger partial charge < -0.3 is 10.0 Å². The van der Waals surface area contributed by atoms with Crippen molar-refractivity contribution in [3.05, 3.63) is 71.5 Å². The Morgan fingerprint density at radius 3 is 2.45 bits per heavy atom. The molecule has 3 heteroatoms. The molecular formula is C19H23FNO+. The lowest BCUT2D eigenvalue weighted by atomic mass is 9.81. The van der Waals surface area contributed by atoms with Gasteiger partial charge in [0.15, 0.2) is 0 Å². The zero-order valence-corrected chi connectivity index (χ0v) is 12.7. The third-order valence-corrected chi connectivity index (χ3v) is 4.76. The average molecular weight is 300 g/mol. The van der Waals surface area contributed by atoms with Gasteiger partial charge in [0.25, 0.3) is 0 Å². The van der Waals surface area contributed by atoms with Gasteiger partial charge >= 0.3 is 0 Å². The standard InChI is InChI=1S/C19H22FNO/c20-18-8-6-16(7-9-18)19-10-11-21(13-17(19)14-22)12-15-4-2-1-3-5-15/h1-9,17,19,22H,10-14H2/p+1/t17-,19+/m1/s1. The molecule has 2 N–H and O–H groups in total. The topological polar surface area (TPSA) is 24.7 Å². The monoisotopic (exact) mass is 300 g/mol. The van der Waals surface area contributed by atoms with Crippen molar-refractivity contribution in [3.8, 4) is 0 Å². The maximum absolute atomic E-state index is 13.1. The highest BCUT2D eigenvalue weighted by Crippen LogP contribution is 2.29. The highest BCUT2D eigenvalue weighted by atomic mass is 19.1. The fraction of sp³-hybridized carbons (Fsp3) is 0.368. The predicted octanol–water partition coefficient (Wildman–Crippen LogP) is 2.01. The molecule has 1 unspecified atom stereocenters. The molecule has 0 saturated carbocycles. The van der Waals surface area contributed by atoms with Crippen molar-refractivity contribution in [3.63, 3.8) is 0 Å². The number of hydrogen-bond donors (Lipinski definition) is 2. The van der Waals surface area contributed by atoms with E-state index in [4.69, 9.17) is 0 Å². The highest BCUT2D eigenvalue weighted by molar-refractivity contribution is 5.21. The van der Waals surface area contributed by atoms with Crippen LogP contribution >= 0.6 is 0 Å². The van der Waals surface area contributed by atoms with Crippen molar-refractivity contribution < 1.29 is 14.4 Å². The first-order valence-corrected chi connectivity index (χ1v) is 8.00. The van der Waals surface area contributed by atoms with Gasteiger partial charge in [0.2, 0.25) is 0 Å². The number of halogens is 1. The highest BCUT2D eigenvalue weighted by Gasteiger charge is 2.32. The summed E-state index contributed by atoms with van der Waals surface area (Å²) in [6.45, 7) is 3.26. The first kappa shape index (κ1) is 15.2. The van der Waals surface area contributed by atoms with Gasteiger partial charge in [-0.2, -0.15) is 0 Å². The van der Waals surface area contributed by atoms with E-state index in [1.807, 2.05) is 18.2 Å². The van der Waals surface area contributed by atoms with Crippen LogP contribution in [-0.4, -0.2) is 24.8 Å². The molecule has 1 fully saturated rings. The van der Waals surface area contributed by atoms with E-state index in [0.29, 0.717) is 5.92 Å². The van der Waals surface area contributed by atoms with Gasteiger partial charge in [0.05, 0.1) is 19.7 Å². The second-order valence-corrected chi connectivity index (χ2v) is 6.26. The Labute approximate surface area is 131 Å². The molecule has 1 heterocycles. The van der Waals surface area contributed by atoms with Crippen molar-refractivity contribution in [2.45, 2.75) is 18.9 Å². The third-order valence-electron chi connectivity index (χ3n) is 4.76. The van der Waals surface area contributed by atoms with Crippen LogP contribution in [0.4, 0.5) is 4.39 Å². The summed E-state index contributed by atoms with van der Waals surface area (Å²) in [7, 11) is 0. The van der Waals surface area contributed by atoms with E-state index >= 15 is 0 Å². The van der Waals surface area contributed by atoms with Gasteiger partial charge in [-0.05, 0) is 23.6 Å². The second kappa shape index (κ2) is 7.03. The zero-order chi connectivity index (χ0) is 15.4. The van der Waals surface area contributed by atoms with Gasteiger partial charge in [-0.3, -0.25) is 0 Å². The number of rotatable bonds is 4. The van der Waals surface area contributed by atoms with Gasteiger partial charge in [-0.25, -0.2) is 4.39 Å². The third kappa shape index (κ3) is 3.54. The van der Waals surface area contributed by atoms with Crippen molar-refractivity contribution >= 4 is 0 Å². The lowest BCUT2D eigenvalue weighted by molar-refractivity contribution is -0.923. The summed E-state index contributed by atoms with van der Waals surface area (Å²) in [6, 6.07) is 17.3. The van der Waals surface area contributed by atoms with E-state index in [0.717, 1.165) is 31.6 Å². The number of aliphatic hydroxyl groups is 1. The predicted molar refractivity (Wildman–Crippen MR) is 85.2 cm³/mol. The van der Waals surface area contributed by atoms with E-state index in [1.54, 1.807) is 0 Å². The molecule has 2 aromatic rings. The normalized spacial score (nSPS) is 25.1. The Kier molecular flexibility index (Phi) is 4.86. The minimum atomic E-state index is -0.198. The fourth-order valence-corrected chi connectivity index (χ4v) is 3.60.